The Morgan fingerprint density at radius 2 is 2.00 bits per heavy atom. The molecule has 0 saturated heterocycles. The van der Waals surface area contributed by atoms with E-state index in [1.165, 1.54) is 32.4 Å². The molecule has 0 bridgehead atoms. The summed E-state index contributed by atoms with van der Waals surface area (Å²) in [4.78, 5) is 25.2. The third kappa shape index (κ3) is 5.28. The van der Waals surface area contributed by atoms with E-state index in [2.05, 4.69) is 20.6 Å². The van der Waals surface area contributed by atoms with Crippen LogP contribution in [0.2, 0.25) is 0 Å². The first-order chi connectivity index (χ1) is 16.7. The van der Waals surface area contributed by atoms with E-state index in [0.717, 1.165) is 5.56 Å². The third-order valence-corrected chi connectivity index (χ3v) is 5.26. The summed E-state index contributed by atoms with van der Waals surface area (Å²) in [7, 11) is 4.65. The molecule has 0 aliphatic carbocycles. The van der Waals surface area contributed by atoms with Crippen molar-refractivity contribution < 1.29 is 32.3 Å². The third-order valence-electron chi connectivity index (χ3n) is 5.26. The van der Waals surface area contributed by atoms with Crippen LogP contribution >= 0.6 is 0 Å². The van der Waals surface area contributed by atoms with Gasteiger partial charge in [-0.1, -0.05) is 12.1 Å². The van der Waals surface area contributed by atoms with Gasteiger partial charge in [-0.05, 0) is 29.8 Å². The van der Waals surface area contributed by atoms with Crippen LogP contribution in [0.3, 0.4) is 0 Å². The molecular formula is C23H22F3N5O4. The Morgan fingerprint density at radius 1 is 1.20 bits per heavy atom. The maximum absolute atomic E-state index is 13.7. The number of hydroxylamine groups is 2. The van der Waals surface area contributed by atoms with Gasteiger partial charge in [-0.25, -0.2) is 4.98 Å². The minimum absolute atomic E-state index is 0.147. The molecule has 0 radical (unpaired) electrons. The molecule has 3 aromatic rings. The predicted molar refractivity (Wildman–Crippen MR) is 119 cm³/mol. The van der Waals surface area contributed by atoms with Gasteiger partial charge in [0.25, 0.3) is 5.91 Å². The summed E-state index contributed by atoms with van der Waals surface area (Å²) in [5.41, 5.74) is 1.07. The summed E-state index contributed by atoms with van der Waals surface area (Å²) in [6, 6.07) is 9.65. The molecule has 0 spiro atoms. The number of halogens is 3. The first-order valence-electron chi connectivity index (χ1n) is 10.4. The van der Waals surface area contributed by atoms with Crippen LogP contribution in [0.1, 0.15) is 27.0 Å². The zero-order valence-corrected chi connectivity index (χ0v) is 19.1. The number of benzene rings is 2. The van der Waals surface area contributed by atoms with Crippen LogP contribution in [-0.2, 0) is 24.2 Å². The molecule has 2 heterocycles. The highest BCUT2D eigenvalue weighted by Gasteiger charge is 2.37. The van der Waals surface area contributed by atoms with Gasteiger partial charge in [-0.3, -0.25) is 9.63 Å². The van der Waals surface area contributed by atoms with Gasteiger partial charge < -0.3 is 20.1 Å². The summed E-state index contributed by atoms with van der Waals surface area (Å²) in [6.45, 7) is 0.607. The fourth-order valence-electron chi connectivity index (χ4n) is 3.48. The fourth-order valence-corrected chi connectivity index (χ4v) is 3.48. The Hall–Kier alpha value is -3.90. The lowest BCUT2D eigenvalue weighted by Gasteiger charge is -2.26. The quantitative estimate of drug-likeness (QED) is 0.530. The number of nitrogens with one attached hydrogen (secondary N) is 2. The van der Waals surface area contributed by atoms with Crippen molar-refractivity contribution in [1.29, 1.82) is 0 Å². The number of hydrogen-bond acceptors (Lipinski definition) is 8. The zero-order chi connectivity index (χ0) is 25.2. The first kappa shape index (κ1) is 24.2. The Kier molecular flexibility index (Phi) is 6.76. The summed E-state index contributed by atoms with van der Waals surface area (Å²) in [6.07, 6.45) is -4.10. The van der Waals surface area contributed by atoms with E-state index in [9.17, 15) is 18.0 Å². The molecule has 0 atom stereocenters. The number of carbonyl (C=O) groups excluding carboxylic acids is 1. The topological polar surface area (TPSA) is 97.8 Å². The molecule has 35 heavy (non-hydrogen) atoms. The predicted octanol–water partition coefficient (Wildman–Crippen LogP) is 4.28. The van der Waals surface area contributed by atoms with E-state index in [4.69, 9.17) is 14.3 Å². The summed E-state index contributed by atoms with van der Waals surface area (Å²) >= 11 is 0. The van der Waals surface area contributed by atoms with Gasteiger partial charge in [-0.2, -0.15) is 23.2 Å². The molecule has 0 fully saturated rings. The van der Waals surface area contributed by atoms with E-state index in [0.29, 0.717) is 29.6 Å². The van der Waals surface area contributed by atoms with Crippen molar-refractivity contribution in [2.75, 3.05) is 26.5 Å². The smallest absolute Gasteiger partial charge is 0.423 e. The minimum atomic E-state index is -4.74. The minimum Gasteiger partial charge on any atom is -0.495 e. The fraction of sp³-hybridized carbons (Fsp3) is 0.261. The second kappa shape index (κ2) is 9.76. The van der Waals surface area contributed by atoms with Gasteiger partial charge in [0.15, 0.2) is 0 Å². The Labute approximate surface area is 198 Å². The van der Waals surface area contributed by atoms with E-state index in [-0.39, 0.29) is 30.0 Å². The molecule has 9 nitrogen and oxygen atoms in total. The standard InChI is InChI=1S/C23H22F3N5O4/c1-27-20(32)13-7-8-17(19(9-13)33-3)29-22-28-10-16(23(24,25)26)21(30-22)35-18-6-4-5-14-11-31(2)34-12-15(14)18/h4-10H,11-12H2,1-3H3,(H,27,32)(H,28,29,30). The average molecular weight is 489 g/mol. The molecule has 1 aromatic heterocycles. The van der Waals surface area contributed by atoms with Crippen LogP contribution in [0.15, 0.2) is 42.6 Å². The molecule has 4 rings (SSSR count). The maximum atomic E-state index is 13.7. The van der Waals surface area contributed by atoms with Crippen molar-refractivity contribution in [3.63, 3.8) is 0 Å². The van der Waals surface area contributed by atoms with Crippen LogP contribution in [0.5, 0.6) is 17.4 Å². The van der Waals surface area contributed by atoms with Gasteiger partial charge in [0, 0.05) is 38.0 Å². The molecule has 2 N–H and O–H groups in total. The largest absolute Gasteiger partial charge is 0.495 e. The van der Waals surface area contributed by atoms with Crippen molar-refractivity contribution in [3.05, 3.63) is 64.8 Å². The number of hydrogen-bond donors (Lipinski definition) is 2. The summed E-state index contributed by atoms with van der Waals surface area (Å²) in [5.74, 6) is -0.658. The zero-order valence-electron chi connectivity index (χ0n) is 19.1. The average Bonchev–Trinajstić information content (AvgIpc) is 2.83. The SMILES string of the molecule is CNC(=O)c1ccc(Nc2ncc(C(F)(F)F)c(Oc3cccc4c3CON(C)C4)n2)c(OC)c1. The van der Waals surface area contributed by atoms with Crippen molar-refractivity contribution in [2.45, 2.75) is 19.3 Å². The van der Waals surface area contributed by atoms with Gasteiger partial charge in [0.1, 0.15) is 17.1 Å². The van der Waals surface area contributed by atoms with E-state index in [1.54, 1.807) is 24.2 Å². The highest BCUT2D eigenvalue weighted by molar-refractivity contribution is 5.95. The lowest BCUT2D eigenvalue weighted by molar-refractivity contribution is -0.168. The van der Waals surface area contributed by atoms with Crippen molar-refractivity contribution in [2.24, 2.45) is 0 Å². The van der Waals surface area contributed by atoms with Crippen molar-refractivity contribution in [1.82, 2.24) is 20.3 Å². The molecule has 1 amide bonds. The number of nitrogens with zero attached hydrogens (tertiary/aromatic N) is 3. The molecule has 184 valence electrons. The molecule has 0 saturated carbocycles. The maximum Gasteiger partial charge on any atom is 0.423 e. The molecular weight excluding hydrogens is 467 g/mol. The number of ether oxygens (including phenoxy) is 2. The number of aromatic nitrogens is 2. The highest BCUT2D eigenvalue weighted by atomic mass is 19.4. The molecule has 1 aliphatic heterocycles. The van der Waals surface area contributed by atoms with Crippen molar-refractivity contribution in [3.8, 4) is 17.4 Å². The molecule has 1 aliphatic rings. The van der Waals surface area contributed by atoms with Crippen LogP contribution in [0, 0.1) is 0 Å². The first-order valence-corrected chi connectivity index (χ1v) is 10.4. The van der Waals surface area contributed by atoms with E-state index < -0.39 is 17.6 Å². The number of fused-ring (bicyclic) bond motifs is 1. The van der Waals surface area contributed by atoms with Gasteiger partial charge in [-0.15, -0.1) is 0 Å². The van der Waals surface area contributed by atoms with E-state index >= 15 is 0 Å². The number of methoxy groups -OCH3 is 1. The number of carbonyl (C=O) groups is 1. The monoisotopic (exact) mass is 489 g/mol. The van der Waals surface area contributed by atoms with E-state index in [1.807, 2.05) is 6.07 Å². The lowest BCUT2D eigenvalue weighted by atomic mass is 10.1. The van der Waals surface area contributed by atoms with Crippen LogP contribution < -0.4 is 20.1 Å². The van der Waals surface area contributed by atoms with Crippen LogP contribution in [0.25, 0.3) is 0 Å². The number of alkyl halides is 3. The second-order valence-corrected chi connectivity index (χ2v) is 7.58. The summed E-state index contributed by atoms with van der Waals surface area (Å²) < 4.78 is 52.1. The molecule has 2 aromatic carbocycles. The number of rotatable bonds is 6. The normalized spacial score (nSPS) is 13.7. The number of anilines is 2. The lowest BCUT2D eigenvalue weighted by Crippen LogP contribution is -2.24. The Morgan fingerprint density at radius 3 is 2.71 bits per heavy atom. The van der Waals surface area contributed by atoms with Crippen LogP contribution in [0.4, 0.5) is 24.8 Å². The van der Waals surface area contributed by atoms with Gasteiger partial charge in [0.05, 0.1) is 19.4 Å². The van der Waals surface area contributed by atoms with Gasteiger partial charge in [0.2, 0.25) is 11.8 Å². The number of amides is 1. The van der Waals surface area contributed by atoms with Crippen molar-refractivity contribution >= 4 is 17.5 Å². The Balaban J connectivity index is 1.69. The summed E-state index contributed by atoms with van der Waals surface area (Å²) in [5, 5.41) is 6.95. The highest BCUT2D eigenvalue weighted by Crippen LogP contribution is 2.39. The molecule has 12 heteroatoms. The van der Waals surface area contributed by atoms with Gasteiger partial charge >= 0.3 is 6.18 Å². The second-order valence-electron chi connectivity index (χ2n) is 7.58. The Bertz CT molecular complexity index is 1250. The molecule has 0 unspecified atom stereocenters. The van der Waals surface area contributed by atoms with Crippen LogP contribution in [-0.4, -0.2) is 42.1 Å².